The molecule has 0 aromatic heterocycles. The summed E-state index contributed by atoms with van der Waals surface area (Å²) in [5, 5.41) is 3.51. The van der Waals surface area contributed by atoms with E-state index in [2.05, 4.69) is 5.32 Å². The molecule has 0 radical (unpaired) electrons. The number of unbranched alkanes of at least 4 members (excludes halogenated alkanes) is 1. The minimum absolute atomic E-state index is 0.185. The highest BCUT2D eigenvalue weighted by Gasteiger charge is 2.14. The fourth-order valence-electron chi connectivity index (χ4n) is 2.16. The molecule has 0 aliphatic heterocycles. The first-order valence-electron chi connectivity index (χ1n) is 6.04. The van der Waals surface area contributed by atoms with Crippen LogP contribution in [0.1, 0.15) is 51.4 Å². The van der Waals surface area contributed by atoms with Crippen molar-refractivity contribution in [3.8, 4) is 0 Å². The minimum atomic E-state index is 0.185. The number of rotatable bonds is 6. The Hall–Kier alpha value is -0.120. The molecule has 0 heterocycles. The van der Waals surface area contributed by atoms with E-state index in [9.17, 15) is 0 Å². The van der Waals surface area contributed by atoms with Crippen LogP contribution in [0.25, 0.3) is 0 Å². The zero-order valence-electron chi connectivity index (χ0n) is 9.17. The molecule has 0 aromatic carbocycles. The number of nitrogens with one attached hydrogen (secondary N) is 1. The summed E-state index contributed by atoms with van der Waals surface area (Å²) in [6, 6.07) is 0.677. The van der Waals surface area contributed by atoms with Crippen LogP contribution in [0.4, 0.5) is 0 Å². The van der Waals surface area contributed by atoms with Crippen LogP contribution < -0.4 is 16.8 Å². The van der Waals surface area contributed by atoms with Crippen molar-refractivity contribution in [3.63, 3.8) is 0 Å². The molecule has 3 heteroatoms. The van der Waals surface area contributed by atoms with E-state index in [0.717, 1.165) is 25.8 Å². The Balaban J connectivity index is 2.03. The maximum Gasteiger partial charge on any atom is 0.0548 e. The first kappa shape index (κ1) is 12.0. The van der Waals surface area contributed by atoms with Crippen molar-refractivity contribution < 1.29 is 0 Å². The monoisotopic (exact) mass is 199 g/mol. The van der Waals surface area contributed by atoms with E-state index in [1.54, 1.807) is 0 Å². The molecule has 1 fully saturated rings. The fourth-order valence-corrected chi connectivity index (χ4v) is 2.16. The summed E-state index contributed by atoms with van der Waals surface area (Å²) >= 11 is 0. The summed E-state index contributed by atoms with van der Waals surface area (Å²) in [4.78, 5) is 0. The van der Waals surface area contributed by atoms with E-state index in [4.69, 9.17) is 11.5 Å². The van der Waals surface area contributed by atoms with Crippen LogP contribution in [0.5, 0.6) is 0 Å². The minimum Gasteiger partial charge on any atom is -0.330 e. The van der Waals surface area contributed by atoms with Crippen molar-refractivity contribution in [2.45, 2.75) is 63.6 Å². The highest BCUT2D eigenvalue weighted by molar-refractivity contribution is 4.74. The van der Waals surface area contributed by atoms with Crippen LogP contribution in [0.15, 0.2) is 0 Å². The van der Waals surface area contributed by atoms with Crippen LogP contribution in [-0.2, 0) is 0 Å². The molecule has 3 nitrogen and oxygen atoms in total. The molecule has 1 unspecified atom stereocenters. The lowest BCUT2D eigenvalue weighted by Gasteiger charge is -2.26. The summed E-state index contributed by atoms with van der Waals surface area (Å²) in [7, 11) is 0. The Labute approximate surface area is 87.6 Å². The highest BCUT2D eigenvalue weighted by Crippen LogP contribution is 2.17. The van der Waals surface area contributed by atoms with Gasteiger partial charge < -0.3 is 11.5 Å². The number of nitrogens with two attached hydrogens (primary N) is 2. The van der Waals surface area contributed by atoms with E-state index in [1.807, 2.05) is 0 Å². The van der Waals surface area contributed by atoms with Gasteiger partial charge in [0.2, 0.25) is 0 Å². The Morgan fingerprint density at radius 1 is 1.14 bits per heavy atom. The van der Waals surface area contributed by atoms with Gasteiger partial charge in [0, 0.05) is 6.04 Å². The SMILES string of the molecule is NCCCCC(N)NC1CCCCC1. The second-order valence-electron chi connectivity index (χ2n) is 4.39. The van der Waals surface area contributed by atoms with Gasteiger partial charge in [-0.25, -0.2) is 0 Å². The molecule has 1 rings (SSSR count). The predicted molar refractivity (Wildman–Crippen MR) is 60.9 cm³/mol. The van der Waals surface area contributed by atoms with Gasteiger partial charge in [-0.15, -0.1) is 0 Å². The van der Waals surface area contributed by atoms with Crippen molar-refractivity contribution in [1.82, 2.24) is 5.32 Å². The van der Waals surface area contributed by atoms with Crippen molar-refractivity contribution in [1.29, 1.82) is 0 Å². The molecule has 1 aliphatic carbocycles. The molecule has 0 amide bonds. The summed E-state index contributed by atoms with van der Waals surface area (Å²) in [6.45, 7) is 0.788. The van der Waals surface area contributed by atoms with E-state index in [-0.39, 0.29) is 6.17 Å². The van der Waals surface area contributed by atoms with Crippen LogP contribution >= 0.6 is 0 Å². The predicted octanol–water partition coefficient (Wildman–Crippen LogP) is 1.32. The summed E-state index contributed by atoms with van der Waals surface area (Å²) < 4.78 is 0. The van der Waals surface area contributed by atoms with Gasteiger partial charge in [-0.2, -0.15) is 0 Å². The lowest BCUT2D eigenvalue weighted by atomic mass is 9.95. The third-order valence-corrected chi connectivity index (χ3v) is 3.02. The maximum atomic E-state index is 5.99. The van der Waals surface area contributed by atoms with Crippen LogP contribution in [-0.4, -0.2) is 18.8 Å². The molecule has 14 heavy (non-hydrogen) atoms. The third kappa shape index (κ3) is 4.94. The normalized spacial score (nSPS) is 21.0. The van der Waals surface area contributed by atoms with Crippen molar-refractivity contribution in [3.05, 3.63) is 0 Å². The third-order valence-electron chi connectivity index (χ3n) is 3.02. The molecular weight excluding hydrogens is 174 g/mol. The van der Waals surface area contributed by atoms with Crippen LogP contribution in [0, 0.1) is 0 Å². The Kier molecular flexibility index (Phi) is 6.15. The second kappa shape index (κ2) is 7.21. The molecule has 1 aliphatic rings. The number of hydrogen-bond donors (Lipinski definition) is 3. The van der Waals surface area contributed by atoms with E-state index in [0.29, 0.717) is 6.04 Å². The van der Waals surface area contributed by atoms with Crippen LogP contribution in [0.2, 0.25) is 0 Å². The summed E-state index contributed by atoms with van der Waals surface area (Å²) in [5.74, 6) is 0. The zero-order chi connectivity index (χ0) is 10.2. The van der Waals surface area contributed by atoms with Gasteiger partial charge in [0.05, 0.1) is 6.17 Å². The lowest BCUT2D eigenvalue weighted by molar-refractivity contribution is 0.327. The zero-order valence-corrected chi connectivity index (χ0v) is 9.17. The van der Waals surface area contributed by atoms with Crippen LogP contribution in [0.3, 0.4) is 0 Å². The van der Waals surface area contributed by atoms with Gasteiger partial charge in [-0.05, 0) is 38.6 Å². The van der Waals surface area contributed by atoms with Crippen molar-refractivity contribution in [2.24, 2.45) is 11.5 Å². The maximum absolute atomic E-state index is 5.99. The largest absolute Gasteiger partial charge is 0.330 e. The first-order valence-corrected chi connectivity index (χ1v) is 6.04. The fraction of sp³-hybridized carbons (Fsp3) is 1.00. The molecular formula is C11H25N3. The average molecular weight is 199 g/mol. The van der Waals surface area contributed by atoms with Gasteiger partial charge in [0.15, 0.2) is 0 Å². The van der Waals surface area contributed by atoms with Gasteiger partial charge in [-0.1, -0.05) is 19.3 Å². The Morgan fingerprint density at radius 3 is 2.50 bits per heavy atom. The van der Waals surface area contributed by atoms with E-state index < -0.39 is 0 Å². The van der Waals surface area contributed by atoms with E-state index in [1.165, 1.54) is 32.1 Å². The van der Waals surface area contributed by atoms with Gasteiger partial charge in [0.1, 0.15) is 0 Å². The highest BCUT2D eigenvalue weighted by atomic mass is 15.0. The van der Waals surface area contributed by atoms with E-state index >= 15 is 0 Å². The molecule has 0 aromatic rings. The molecule has 0 bridgehead atoms. The first-order chi connectivity index (χ1) is 6.83. The molecule has 1 atom stereocenters. The quantitative estimate of drug-likeness (QED) is 0.446. The van der Waals surface area contributed by atoms with Gasteiger partial charge in [-0.3, -0.25) is 5.32 Å². The summed E-state index contributed by atoms with van der Waals surface area (Å²) in [6.07, 6.45) is 10.3. The smallest absolute Gasteiger partial charge is 0.0548 e. The van der Waals surface area contributed by atoms with Gasteiger partial charge >= 0.3 is 0 Å². The molecule has 0 saturated heterocycles. The number of hydrogen-bond acceptors (Lipinski definition) is 3. The molecule has 84 valence electrons. The molecule has 5 N–H and O–H groups in total. The van der Waals surface area contributed by atoms with Crippen molar-refractivity contribution >= 4 is 0 Å². The standard InChI is InChI=1S/C11H25N3/c12-9-5-4-8-11(13)14-10-6-2-1-3-7-10/h10-11,14H,1-9,12-13H2. The average Bonchev–Trinajstić information content (AvgIpc) is 2.20. The van der Waals surface area contributed by atoms with Gasteiger partial charge in [0.25, 0.3) is 0 Å². The molecule has 1 saturated carbocycles. The Bertz CT molecular complexity index is 132. The second-order valence-corrected chi connectivity index (χ2v) is 4.39. The molecule has 0 spiro atoms. The summed E-state index contributed by atoms with van der Waals surface area (Å²) in [5.41, 5.74) is 11.4. The topological polar surface area (TPSA) is 64.1 Å². The lowest BCUT2D eigenvalue weighted by Crippen LogP contribution is -2.44. The van der Waals surface area contributed by atoms with Crippen molar-refractivity contribution in [2.75, 3.05) is 6.54 Å². The Morgan fingerprint density at radius 2 is 1.86 bits per heavy atom.